The minimum atomic E-state index is -0.151. The van der Waals surface area contributed by atoms with Crippen molar-refractivity contribution in [3.8, 4) is 0 Å². The first-order valence-electron chi connectivity index (χ1n) is 6.64. The summed E-state index contributed by atoms with van der Waals surface area (Å²) in [5, 5.41) is 0. The molecule has 0 bridgehead atoms. The van der Waals surface area contributed by atoms with Crippen LogP contribution in [0.15, 0.2) is 42.5 Å². The maximum atomic E-state index is 12.1. The molecule has 1 heteroatoms. The van der Waals surface area contributed by atoms with E-state index in [4.69, 9.17) is 0 Å². The monoisotopic (exact) mass is 252 g/mol. The average molecular weight is 252 g/mol. The van der Waals surface area contributed by atoms with Gasteiger partial charge in [0.25, 0.3) is 0 Å². The van der Waals surface area contributed by atoms with Crippen molar-refractivity contribution in [2.45, 2.75) is 33.6 Å². The van der Waals surface area contributed by atoms with Crippen LogP contribution in [0.5, 0.6) is 0 Å². The van der Waals surface area contributed by atoms with Gasteiger partial charge in [0.05, 0.1) is 5.92 Å². The minimum absolute atomic E-state index is 0.151. The number of rotatable bonds is 3. The van der Waals surface area contributed by atoms with E-state index >= 15 is 0 Å². The molecule has 2 aromatic rings. The maximum absolute atomic E-state index is 12.1. The van der Waals surface area contributed by atoms with Gasteiger partial charge in [-0.05, 0) is 49.9 Å². The van der Waals surface area contributed by atoms with Gasteiger partial charge in [0.2, 0.25) is 0 Å². The Morgan fingerprint density at radius 1 is 0.947 bits per heavy atom. The van der Waals surface area contributed by atoms with E-state index < -0.39 is 0 Å². The number of aryl methyl sites for hydroxylation is 3. The Balaban J connectivity index is 2.62. The molecular weight excluding hydrogens is 232 g/mol. The molecule has 0 aliphatic rings. The molecule has 19 heavy (non-hydrogen) atoms. The first-order chi connectivity index (χ1) is 9.00. The third-order valence-electron chi connectivity index (χ3n) is 3.57. The summed E-state index contributed by atoms with van der Waals surface area (Å²) in [6.07, 6.45) is 0. The highest BCUT2D eigenvalue weighted by atomic mass is 16.1. The number of carbonyl (C=O) groups excluding carboxylic acids is 1. The second kappa shape index (κ2) is 5.40. The fourth-order valence-corrected chi connectivity index (χ4v) is 2.90. The molecule has 0 saturated heterocycles. The second-order valence-corrected chi connectivity index (χ2v) is 5.27. The Bertz CT molecular complexity index is 573. The largest absolute Gasteiger partial charge is 0.299 e. The fourth-order valence-electron chi connectivity index (χ4n) is 2.90. The number of carbonyl (C=O) groups is 1. The molecule has 0 radical (unpaired) electrons. The Labute approximate surface area is 115 Å². The lowest BCUT2D eigenvalue weighted by molar-refractivity contribution is -0.117. The van der Waals surface area contributed by atoms with Crippen LogP contribution in [-0.2, 0) is 4.79 Å². The molecule has 0 aliphatic carbocycles. The van der Waals surface area contributed by atoms with E-state index in [0.717, 1.165) is 11.1 Å². The zero-order valence-electron chi connectivity index (χ0n) is 12.0. The van der Waals surface area contributed by atoms with Crippen LogP contribution in [0, 0.1) is 20.8 Å². The van der Waals surface area contributed by atoms with Crippen molar-refractivity contribution in [2.24, 2.45) is 0 Å². The third-order valence-corrected chi connectivity index (χ3v) is 3.57. The molecule has 1 unspecified atom stereocenters. The molecule has 0 fully saturated rings. The molecule has 0 saturated carbocycles. The lowest BCUT2D eigenvalue weighted by Crippen LogP contribution is -2.13. The number of Topliss-reactive ketones (excluding diaryl/α,β-unsaturated/α-hetero) is 1. The van der Waals surface area contributed by atoms with E-state index in [1.165, 1.54) is 16.7 Å². The topological polar surface area (TPSA) is 17.1 Å². The quantitative estimate of drug-likeness (QED) is 0.794. The smallest absolute Gasteiger partial charge is 0.141 e. The van der Waals surface area contributed by atoms with Gasteiger partial charge in [-0.3, -0.25) is 4.79 Å². The maximum Gasteiger partial charge on any atom is 0.141 e. The Morgan fingerprint density at radius 3 is 1.95 bits per heavy atom. The lowest BCUT2D eigenvalue weighted by atomic mass is 9.82. The van der Waals surface area contributed by atoms with Crippen molar-refractivity contribution >= 4 is 5.78 Å². The standard InChI is InChI=1S/C18H20O/c1-12-10-13(2)17(14(3)11-12)18(15(4)19)16-8-6-5-7-9-16/h5-11,18H,1-4H3. The number of hydrogen-bond donors (Lipinski definition) is 0. The minimum Gasteiger partial charge on any atom is -0.299 e. The van der Waals surface area contributed by atoms with E-state index in [1.807, 2.05) is 30.3 Å². The van der Waals surface area contributed by atoms with Crippen LogP contribution in [0.1, 0.15) is 40.7 Å². The van der Waals surface area contributed by atoms with Crippen LogP contribution in [0.2, 0.25) is 0 Å². The summed E-state index contributed by atoms with van der Waals surface area (Å²) in [4.78, 5) is 12.1. The Hall–Kier alpha value is -1.89. The summed E-state index contributed by atoms with van der Waals surface area (Å²) < 4.78 is 0. The molecule has 0 amide bonds. The van der Waals surface area contributed by atoms with E-state index in [0.29, 0.717) is 0 Å². The van der Waals surface area contributed by atoms with Gasteiger partial charge in [0.15, 0.2) is 0 Å². The summed E-state index contributed by atoms with van der Waals surface area (Å²) in [6, 6.07) is 14.3. The lowest BCUT2D eigenvalue weighted by Gasteiger charge is -2.20. The molecular formula is C18H20O. The van der Waals surface area contributed by atoms with Gasteiger partial charge in [-0.2, -0.15) is 0 Å². The summed E-state index contributed by atoms with van der Waals surface area (Å²) >= 11 is 0. The number of hydrogen-bond acceptors (Lipinski definition) is 1. The van der Waals surface area contributed by atoms with E-state index in [2.05, 4.69) is 32.9 Å². The van der Waals surface area contributed by atoms with Crippen molar-refractivity contribution in [3.63, 3.8) is 0 Å². The van der Waals surface area contributed by atoms with Gasteiger partial charge in [-0.15, -0.1) is 0 Å². The highest BCUT2D eigenvalue weighted by molar-refractivity contribution is 5.87. The van der Waals surface area contributed by atoms with E-state index in [-0.39, 0.29) is 11.7 Å². The van der Waals surface area contributed by atoms with Crippen LogP contribution < -0.4 is 0 Å². The molecule has 2 rings (SSSR count). The number of ketones is 1. The van der Waals surface area contributed by atoms with E-state index in [1.54, 1.807) is 6.92 Å². The predicted octanol–water partition coefficient (Wildman–Crippen LogP) is 4.33. The molecule has 0 spiro atoms. The van der Waals surface area contributed by atoms with Crippen LogP contribution in [0.3, 0.4) is 0 Å². The SMILES string of the molecule is CC(=O)C(c1ccccc1)c1c(C)cc(C)cc1C. The second-order valence-electron chi connectivity index (χ2n) is 5.27. The van der Waals surface area contributed by atoms with Gasteiger partial charge in [0, 0.05) is 0 Å². The zero-order chi connectivity index (χ0) is 14.0. The molecule has 98 valence electrons. The van der Waals surface area contributed by atoms with Gasteiger partial charge < -0.3 is 0 Å². The molecule has 0 aromatic heterocycles. The molecule has 0 N–H and O–H groups in total. The molecule has 1 atom stereocenters. The summed E-state index contributed by atoms with van der Waals surface area (Å²) in [7, 11) is 0. The first kappa shape index (κ1) is 13.5. The van der Waals surface area contributed by atoms with Crippen molar-refractivity contribution < 1.29 is 4.79 Å². The first-order valence-corrected chi connectivity index (χ1v) is 6.64. The Kier molecular flexibility index (Phi) is 3.84. The average Bonchev–Trinajstić information content (AvgIpc) is 2.34. The molecule has 2 aromatic carbocycles. The number of benzene rings is 2. The van der Waals surface area contributed by atoms with Crippen molar-refractivity contribution in [1.29, 1.82) is 0 Å². The molecule has 1 nitrogen and oxygen atoms in total. The molecule has 0 heterocycles. The molecule has 0 aliphatic heterocycles. The summed E-state index contributed by atoms with van der Waals surface area (Å²) in [5.74, 6) is 0.0445. The zero-order valence-corrected chi connectivity index (χ0v) is 12.0. The third kappa shape index (κ3) is 2.76. The van der Waals surface area contributed by atoms with Gasteiger partial charge >= 0.3 is 0 Å². The van der Waals surface area contributed by atoms with Gasteiger partial charge in [-0.25, -0.2) is 0 Å². The van der Waals surface area contributed by atoms with Crippen molar-refractivity contribution in [3.05, 3.63) is 70.3 Å². The van der Waals surface area contributed by atoms with Crippen molar-refractivity contribution in [2.75, 3.05) is 0 Å². The van der Waals surface area contributed by atoms with Crippen LogP contribution in [-0.4, -0.2) is 5.78 Å². The van der Waals surface area contributed by atoms with E-state index in [9.17, 15) is 4.79 Å². The Morgan fingerprint density at radius 2 is 1.47 bits per heavy atom. The van der Waals surface area contributed by atoms with Crippen LogP contribution in [0.4, 0.5) is 0 Å². The highest BCUT2D eigenvalue weighted by Crippen LogP contribution is 2.31. The van der Waals surface area contributed by atoms with Gasteiger partial charge in [0.1, 0.15) is 5.78 Å². The summed E-state index contributed by atoms with van der Waals surface area (Å²) in [6.45, 7) is 7.95. The normalized spacial score (nSPS) is 12.2. The van der Waals surface area contributed by atoms with Crippen LogP contribution in [0.25, 0.3) is 0 Å². The fraction of sp³-hybridized carbons (Fsp3) is 0.278. The summed E-state index contributed by atoms with van der Waals surface area (Å²) in [5.41, 5.74) is 5.87. The van der Waals surface area contributed by atoms with Crippen molar-refractivity contribution in [1.82, 2.24) is 0 Å². The predicted molar refractivity (Wildman–Crippen MR) is 79.6 cm³/mol. The highest BCUT2D eigenvalue weighted by Gasteiger charge is 2.22. The van der Waals surface area contributed by atoms with Crippen LogP contribution >= 0.6 is 0 Å². The van der Waals surface area contributed by atoms with Gasteiger partial charge in [-0.1, -0.05) is 48.0 Å².